The highest BCUT2D eigenvalue weighted by atomic mass is 16.3. The van der Waals surface area contributed by atoms with Gasteiger partial charge in [0.15, 0.2) is 0 Å². The molecule has 3 aromatic rings. The molecule has 140 valence electrons. The Morgan fingerprint density at radius 1 is 1.33 bits per heavy atom. The van der Waals surface area contributed by atoms with E-state index in [4.69, 9.17) is 4.42 Å². The Bertz CT molecular complexity index is 922. The first-order valence-corrected chi connectivity index (χ1v) is 9.35. The molecule has 0 radical (unpaired) electrons. The van der Waals surface area contributed by atoms with Crippen LogP contribution in [0, 0.1) is 6.92 Å². The summed E-state index contributed by atoms with van der Waals surface area (Å²) in [5.41, 5.74) is 2.80. The minimum absolute atomic E-state index is 0.148. The standard InChI is InChI=1S/C21H24N4O2/c1-15-10-17-11-18(6-7-20(17)27-15)23-21(26)24-19-5-3-9-25(14-19)13-16-4-2-8-22-12-16/h2,4,6-8,10-12,19H,3,5,9,13-14H2,1H3,(H2,23,24,26). The molecular weight excluding hydrogens is 340 g/mol. The fourth-order valence-corrected chi connectivity index (χ4v) is 3.67. The molecule has 1 fully saturated rings. The van der Waals surface area contributed by atoms with Crippen LogP contribution in [-0.2, 0) is 6.54 Å². The Labute approximate surface area is 158 Å². The molecule has 3 heterocycles. The number of urea groups is 1. The Kier molecular flexibility index (Phi) is 5.07. The molecule has 1 atom stereocenters. The number of carbonyl (C=O) groups excluding carboxylic acids is 1. The number of rotatable bonds is 4. The lowest BCUT2D eigenvalue weighted by Gasteiger charge is -2.33. The van der Waals surface area contributed by atoms with E-state index >= 15 is 0 Å². The molecule has 2 N–H and O–H groups in total. The topological polar surface area (TPSA) is 70.4 Å². The van der Waals surface area contributed by atoms with E-state index in [1.165, 1.54) is 5.56 Å². The highest BCUT2D eigenvalue weighted by Gasteiger charge is 2.21. The zero-order valence-corrected chi connectivity index (χ0v) is 15.4. The first kappa shape index (κ1) is 17.5. The number of pyridine rings is 1. The Balaban J connectivity index is 1.32. The number of piperidine rings is 1. The predicted molar refractivity (Wildman–Crippen MR) is 106 cm³/mol. The number of fused-ring (bicyclic) bond motifs is 1. The van der Waals surface area contributed by atoms with Crippen LogP contribution in [0.1, 0.15) is 24.2 Å². The summed E-state index contributed by atoms with van der Waals surface area (Å²) < 4.78 is 5.57. The molecule has 0 aliphatic carbocycles. The van der Waals surface area contributed by atoms with Crippen LogP contribution in [0.5, 0.6) is 0 Å². The van der Waals surface area contributed by atoms with E-state index in [0.717, 1.165) is 54.9 Å². The van der Waals surface area contributed by atoms with Crippen molar-refractivity contribution in [2.45, 2.75) is 32.4 Å². The van der Waals surface area contributed by atoms with Gasteiger partial charge in [0, 0.05) is 42.6 Å². The lowest BCUT2D eigenvalue weighted by atomic mass is 10.1. The van der Waals surface area contributed by atoms with E-state index in [1.54, 1.807) is 6.20 Å². The summed E-state index contributed by atoms with van der Waals surface area (Å²) in [5.74, 6) is 0.863. The minimum Gasteiger partial charge on any atom is -0.461 e. The van der Waals surface area contributed by atoms with Crippen LogP contribution < -0.4 is 10.6 Å². The van der Waals surface area contributed by atoms with Gasteiger partial charge in [0.1, 0.15) is 11.3 Å². The van der Waals surface area contributed by atoms with E-state index in [1.807, 2.05) is 43.5 Å². The molecule has 0 spiro atoms. The third-order valence-electron chi connectivity index (χ3n) is 4.87. The second-order valence-corrected chi connectivity index (χ2v) is 7.14. The molecule has 1 unspecified atom stereocenters. The van der Waals surface area contributed by atoms with Crippen LogP contribution in [0.2, 0.25) is 0 Å². The van der Waals surface area contributed by atoms with Gasteiger partial charge in [-0.05, 0) is 62.2 Å². The molecule has 6 heteroatoms. The van der Waals surface area contributed by atoms with Gasteiger partial charge in [-0.25, -0.2) is 4.79 Å². The van der Waals surface area contributed by atoms with Crippen molar-refractivity contribution in [2.24, 2.45) is 0 Å². The number of furan rings is 1. The number of anilines is 1. The number of carbonyl (C=O) groups is 1. The number of nitrogens with zero attached hydrogens (tertiary/aromatic N) is 2. The Hall–Kier alpha value is -2.86. The summed E-state index contributed by atoms with van der Waals surface area (Å²) in [6, 6.07) is 11.7. The summed E-state index contributed by atoms with van der Waals surface area (Å²) >= 11 is 0. The quantitative estimate of drug-likeness (QED) is 0.736. The van der Waals surface area contributed by atoms with Crippen LogP contribution in [0.15, 0.2) is 53.2 Å². The van der Waals surface area contributed by atoms with E-state index < -0.39 is 0 Å². The number of aromatic nitrogens is 1. The number of amides is 2. The van der Waals surface area contributed by atoms with Gasteiger partial charge in [-0.3, -0.25) is 9.88 Å². The van der Waals surface area contributed by atoms with Crippen LogP contribution in [0.25, 0.3) is 11.0 Å². The third-order valence-corrected chi connectivity index (χ3v) is 4.87. The summed E-state index contributed by atoms with van der Waals surface area (Å²) in [6.07, 6.45) is 5.76. The van der Waals surface area contributed by atoms with E-state index in [2.05, 4.69) is 26.6 Å². The molecule has 1 aromatic carbocycles. The maximum absolute atomic E-state index is 12.4. The van der Waals surface area contributed by atoms with Gasteiger partial charge in [0.25, 0.3) is 0 Å². The summed E-state index contributed by atoms with van der Waals surface area (Å²) in [4.78, 5) is 19.0. The van der Waals surface area contributed by atoms with Gasteiger partial charge >= 0.3 is 6.03 Å². The van der Waals surface area contributed by atoms with Gasteiger partial charge < -0.3 is 15.1 Å². The predicted octanol–water partition coefficient (Wildman–Crippen LogP) is 3.92. The molecular formula is C21H24N4O2. The summed E-state index contributed by atoms with van der Waals surface area (Å²) in [5, 5.41) is 7.03. The van der Waals surface area contributed by atoms with E-state index in [0.29, 0.717) is 0 Å². The molecule has 0 bridgehead atoms. The highest BCUT2D eigenvalue weighted by molar-refractivity contribution is 5.92. The van der Waals surface area contributed by atoms with Crippen molar-refractivity contribution in [3.8, 4) is 0 Å². The zero-order chi connectivity index (χ0) is 18.6. The number of hydrogen-bond donors (Lipinski definition) is 2. The van der Waals surface area contributed by atoms with Crippen LogP contribution in [0.3, 0.4) is 0 Å². The number of hydrogen-bond acceptors (Lipinski definition) is 4. The van der Waals surface area contributed by atoms with Crippen molar-refractivity contribution >= 4 is 22.7 Å². The third kappa shape index (κ3) is 4.46. The average Bonchev–Trinajstić information content (AvgIpc) is 3.02. The van der Waals surface area contributed by atoms with Gasteiger partial charge in [-0.2, -0.15) is 0 Å². The first-order chi connectivity index (χ1) is 13.2. The normalized spacial score (nSPS) is 17.7. The first-order valence-electron chi connectivity index (χ1n) is 9.35. The largest absolute Gasteiger partial charge is 0.461 e. The lowest BCUT2D eigenvalue weighted by molar-refractivity contribution is 0.183. The van der Waals surface area contributed by atoms with Crippen LogP contribution in [-0.4, -0.2) is 35.0 Å². The second kappa shape index (κ2) is 7.80. The smallest absolute Gasteiger partial charge is 0.319 e. The number of nitrogens with one attached hydrogen (secondary N) is 2. The molecule has 6 nitrogen and oxygen atoms in total. The fourth-order valence-electron chi connectivity index (χ4n) is 3.67. The molecule has 4 rings (SSSR count). The van der Waals surface area contributed by atoms with Gasteiger partial charge in [0.2, 0.25) is 0 Å². The van der Waals surface area contributed by atoms with Crippen molar-refractivity contribution in [2.75, 3.05) is 18.4 Å². The van der Waals surface area contributed by atoms with Gasteiger partial charge in [-0.1, -0.05) is 6.07 Å². The summed E-state index contributed by atoms with van der Waals surface area (Å²) in [7, 11) is 0. The van der Waals surface area contributed by atoms with E-state index in [9.17, 15) is 4.79 Å². The average molecular weight is 364 g/mol. The van der Waals surface area contributed by atoms with Crippen molar-refractivity contribution in [1.82, 2.24) is 15.2 Å². The Morgan fingerprint density at radius 2 is 2.26 bits per heavy atom. The molecule has 1 aliphatic rings. The van der Waals surface area contributed by atoms with Gasteiger partial charge in [-0.15, -0.1) is 0 Å². The summed E-state index contributed by atoms with van der Waals surface area (Å²) in [6.45, 7) is 4.68. The molecule has 2 aromatic heterocycles. The highest BCUT2D eigenvalue weighted by Crippen LogP contribution is 2.22. The maximum Gasteiger partial charge on any atom is 0.319 e. The minimum atomic E-state index is -0.164. The van der Waals surface area contributed by atoms with Crippen molar-refractivity contribution in [1.29, 1.82) is 0 Å². The Morgan fingerprint density at radius 3 is 3.11 bits per heavy atom. The second-order valence-electron chi connectivity index (χ2n) is 7.14. The molecule has 0 saturated carbocycles. The van der Waals surface area contributed by atoms with Gasteiger partial charge in [0.05, 0.1) is 0 Å². The number of likely N-dealkylation sites (tertiary alicyclic amines) is 1. The molecule has 1 saturated heterocycles. The van der Waals surface area contributed by atoms with Crippen molar-refractivity contribution < 1.29 is 9.21 Å². The molecule has 1 aliphatic heterocycles. The number of aryl methyl sites for hydroxylation is 1. The van der Waals surface area contributed by atoms with Crippen LogP contribution in [0.4, 0.5) is 10.5 Å². The fraction of sp³-hybridized carbons (Fsp3) is 0.333. The molecule has 27 heavy (non-hydrogen) atoms. The lowest BCUT2D eigenvalue weighted by Crippen LogP contribution is -2.48. The van der Waals surface area contributed by atoms with Crippen molar-refractivity contribution in [3.05, 3.63) is 60.1 Å². The van der Waals surface area contributed by atoms with Crippen LogP contribution >= 0.6 is 0 Å². The zero-order valence-electron chi connectivity index (χ0n) is 15.4. The monoisotopic (exact) mass is 364 g/mol. The molecule has 2 amide bonds. The van der Waals surface area contributed by atoms with Crippen molar-refractivity contribution in [3.63, 3.8) is 0 Å². The SMILES string of the molecule is Cc1cc2cc(NC(=O)NC3CCCN(Cc4cccnc4)C3)ccc2o1. The van der Waals surface area contributed by atoms with E-state index in [-0.39, 0.29) is 12.1 Å². The number of benzene rings is 1. The maximum atomic E-state index is 12.4.